The van der Waals surface area contributed by atoms with Gasteiger partial charge in [-0.15, -0.1) is 0 Å². The zero-order chi connectivity index (χ0) is 16.2. The Morgan fingerprint density at radius 3 is 2.36 bits per heavy atom. The molecule has 0 fully saturated rings. The summed E-state index contributed by atoms with van der Waals surface area (Å²) in [6, 6.07) is 1.83. The predicted octanol–water partition coefficient (Wildman–Crippen LogP) is 3.63. The highest BCUT2D eigenvalue weighted by Gasteiger charge is 1.92. The van der Waals surface area contributed by atoms with Gasteiger partial charge < -0.3 is 9.40 Å². The number of aromatic nitrogens is 6. The number of rotatable bonds is 0. The summed E-state index contributed by atoms with van der Waals surface area (Å²) < 4.78 is 4.97. The molecule has 0 radical (unpaired) electrons. The number of hydrogen-bond donors (Lipinski definition) is 1. The Morgan fingerprint density at radius 1 is 0.909 bits per heavy atom. The second-order valence-electron chi connectivity index (χ2n) is 3.37. The fraction of sp³-hybridized carbons (Fsp3) is 0.267. The molecule has 0 aromatic carbocycles. The van der Waals surface area contributed by atoms with Crippen molar-refractivity contribution in [2.75, 3.05) is 0 Å². The van der Waals surface area contributed by atoms with Crippen LogP contribution in [0.25, 0.3) is 22.3 Å². The number of nitrogens with one attached hydrogen (secondary N) is 1. The molecular formula is C15H20N6O. The quantitative estimate of drug-likeness (QED) is 0.533. The molecule has 0 bridgehead atoms. The molecule has 1 N–H and O–H groups in total. The van der Waals surface area contributed by atoms with Crippen LogP contribution in [0.1, 0.15) is 27.7 Å². The van der Waals surface area contributed by atoms with Gasteiger partial charge in [-0.25, -0.2) is 24.9 Å². The van der Waals surface area contributed by atoms with Gasteiger partial charge in [0.2, 0.25) is 5.71 Å². The summed E-state index contributed by atoms with van der Waals surface area (Å²) in [4.78, 5) is 22.2. The van der Waals surface area contributed by atoms with Gasteiger partial charge in [0.15, 0.2) is 5.65 Å². The first kappa shape index (κ1) is 17.2. The van der Waals surface area contributed by atoms with Gasteiger partial charge in [-0.3, -0.25) is 0 Å². The molecule has 4 rings (SSSR count). The lowest BCUT2D eigenvalue weighted by Crippen LogP contribution is -1.76. The van der Waals surface area contributed by atoms with E-state index in [2.05, 4.69) is 29.9 Å². The second-order valence-corrected chi connectivity index (χ2v) is 3.37. The van der Waals surface area contributed by atoms with E-state index in [1.165, 1.54) is 12.7 Å². The number of imidazole rings is 1. The first-order chi connectivity index (χ1) is 10.9. The van der Waals surface area contributed by atoms with Crippen molar-refractivity contribution in [1.82, 2.24) is 29.9 Å². The van der Waals surface area contributed by atoms with E-state index < -0.39 is 0 Å². The molecule has 0 saturated carbocycles. The maximum Gasteiger partial charge on any atom is 0.228 e. The average Bonchev–Trinajstić information content (AvgIpc) is 3.28. The minimum atomic E-state index is 0.644. The van der Waals surface area contributed by atoms with Crippen LogP contribution in [0.5, 0.6) is 0 Å². The SMILES string of the molecule is CC.CC.c1ncc2[nH]cnc2n1.c1ncc2ccoc2n1. The number of hydrogen-bond acceptors (Lipinski definition) is 6. The molecular weight excluding hydrogens is 280 g/mol. The van der Waals surface area contributed by atoms with Crippen LogP contribution in [0.15, 0.2) is 48.1 Å². The molecule has 4 heterocycles. The highest BCUT2D eigenvalue weighted by atomic mass is 16.3. The molecule has 116 valence electrons. The first-order valence-corrected chi connectivity index (χ1v) is 7.16. The summed E-state index contributed by atoms with van der Waals surface area (Å²) in [6.45, 7) is 8.00. The third kappa shape index (κ3) is 4.62. The molecule has 0 saturated heterocycles. The topological polar surface area (TPSA) is 93.4 Å². The summed E-state index contributed by atoms with van der Waals surface area (Å²) in [7, 11) is 0. The first-order valence-electron chi connectivity index (χ1n) is 7.16. The van der Waals surface area contributed by atoms with E-state index in [0.29, 0.717) is 11.4 Å². The Balaban J connectivity index is 0.000000180. The molecule has 0 aliphatic rings. The molecule has 0 unspecified atom stereocenters. The van der Waals surface area contributed by atoms with Crippen LogP contribution in [0.3, 0.4) is 0 Å². The fourth-order valence-corrected chi connectivity index (χ4v) is 1.40. The summed E-state index contributed by atoms with van der Waals surface area (Å²) in [6.07, 6.45) is 9.54. The smallest absolute Gasteiger partial charge is 0.228 e. The minimum Gasteiger partial charge on any atom is -0.446 e. The molecule has 0 spiro atoms. The minimum absolute atomic E-state index is 0.644. The van der Waals surface area contributed by atoms with Crippen molar-refractivity contribution in [3.8, 4) is 0 Å². The van der Waals surface area contributed by atoms with E-state index in [0.717, 1.165) is 10.9 Å². The van der Waals surface area contributed by atoms with Crippen LogP contribution >= 0.6 is 0 Å². The van der Waals surface area contributed by atoms with Crippen molar-refractivity contribution in [3.05, 3.63) is 43.7 Å². The van der Waals surface area contributed by atoms with Crippen LogP contribution in [0.4, 0.5) is 0 Å². The molecule has 7 heteroatoms. The summed E-state index contributed by atoms with van der Waals surface area (Å²) >= 11 is 0. The summed E-state index contributed by atoms with van der Waals surface area (Å²) in [5, 5.41) is 0.942. The zero-order valence-electron chi connectivity index (χ0n) is 13.2. The van der Waals surface area contributed by atoms with E-state index in [-0.39, 0.29) is 0 Å². The largest absolute Gasteiger partial charge is 0.446 e. The van der Waals surface area contributed by atoms with Crippen LogP contribution in [-0.4, -0.2) is 29.9 Å². The number of aromatic amines is 1. The Kier molecular flexibility index (Phi) is 7.81. The third-order valence-electron chi connectivity index (χ3n) is 2.23. The maximum absolute atomic E-state index is 4.97. The van der Waals surface area contributed by atoms with Gasteiger partial charge in [0.05, 0.1) is 24.2 Å². The van der Waals surface area contributed by atoms with Crippen molar-refractivity contribution >= 4 is 22.3 Å². The van der Waals surface area contributed by atoms with E-state index >= 15 is 0 Å². The molecule has 0 aliphatic carbocycles. The monoisotopic (exact) mass is 300 g/mol. The summed E-state index contributed by atoms with van der Waals surface area (Å²) in [5.41, 5.74) is 2.23. The van der Waals surface area contributed by atoms with E-state index in [1.807, 2.05) is 33.8 Å². The molecule has 0 aliphatic heterocycles. The van der Waals surface area contributed by atoms with Crippen LogP contribution < -0.4 is 0 Å². The number of nitrogens with zero attached hydrogens (tertiary/aromatic N) is 5. The van der Waals surface area contributed by atoms with Gasteiger partial charge in [-0.1, -0.05) is 27.7 Å². The van der Waals surface area contributed by atoms with Gasteiger partial charge in [0.25, 0.3) is 0 Å². The Bertz CT molecular complexity index is 638. The highest BCUT2D eigenvalue weighted by Crippen LogP contribution is 2.08. The van der Waals surface area contributed by atoms with Crippen molar-refractivity contribution in [2.45, 2.75) is 27.7 Å². The predicted molar refractivity (Wildman–Crippen MR) is 86.2 cm³/mol. The van der Waals surface area contributed by atoms with Gasteiger partial charge in [-0.2, -0.15) is 0 Å². The van der Waals surface area contributed by atoms with Crippen LogP contribution in [-0.2, 0) is 0 Å². The van der Waals surface area contributed by atoms with Gasteiger partial charge in [0.1, 0.15) is 18.2 Å². The highest BCUT2D eigenvalue weighted by molar-refractivity contribution is 5.71. The van der Waals surface area contributed by atoms with Crippen LogP contribution in [0, 0.1) is 0 Å². The zero-order valence-corrected chi connectivity index (χ0v) is 13.2. The van der Waals surface area contributed by atoms with Crippen LogP contribution in [0.2, 0.25) is 0 Å². The molecule has 4 aromatic rings. The maximum atomic E-state index is 4.97. The van der Waals surface area contributed by atoms with Gasteiger partial charge in [-0.05, 0) is 6.07 Å². The van der Waals surface area contributed by atoms with Crippen molar-refractivity contribution in [2.24, 2.45) is 0 Å². The number of fused-ring (bicyclic) bond motifs is 2. The molecule has 7 nitrogen and oxygen atoms in total. The lowest BCUT2D eigenvalue weighted by molar-refractivity contribution is 0.602. The standard InChI is InChI=1S/C6H4N2O.C5H4N4.2C2H6/c1-2-9-6-5(1)3-7-4-8-6;1-4-5(8-2-6-1)9-3-7-4;2*1-2/h1-4H;1-3H,(H,6,7,8,9);2*1-2H3. The molecule has 0 amide bonds. The van der Waals surface area contributed by atoms with E-state index in [1.54, 1.807) is 25.0 Å². The second kappa shape index (κ2) is 9.98. The normalized spacial score (nSPS) is 8.91. The lowest BCUT2D eigenvalue weighted by Gasteiger charge is -1.80. The Morgan fingerprint density at radius 2 is 1.64 bits per heavy atom. The number of furan rings is 1. The van der Waals surface area contributed by atoms with Gasteiger partial charge >= 0.3 is 0 Å². The number of H-pyrrole nitrogens is 1. The molecule has 0 atom stereocenters. The Labute approximate surface area is 128 Å². The van der Waals surface area contributed by atoms with Crippen molar-refractivity contribution in [3.63, 3.8) is 0 Å². The third-order valence-corrected chi connectivity index (χ3v) is 2.23. The molecule has 4 aromatic heterocycles. The molecule has 22 heavy (non-hydrogen) atoms. The fourth-order valence-electron chi connectivity index (χ4n) is 1.40. The average molecular weight is 300 g/mol. The van der Waals surface area contributed by atoms with E-state index in [9.17, 15) is 0 Å². The Hall–Kier alpha value is -2.83. The van der Waals surface area contributed by atoms with Crippen molar-refractivity contribution in [1.29, 1.82) is 0 Å². The van der Waals surface area contributed by atoms with Gasteiger partial charge in [0, 0.05) is 6.20 Å². The summed E-state index contributed by atoms with van der Waals surface area (Å²) in [5.74, 6) is 0. The van der Waals surface area contributed by atoms with E-state index in [4.69, 9.17) is 4.42 Å². The lowest BCUT2D eigenvalue weighted by atomic mass is 10.4. The van der Waals surface area contributed by atoms with Crippen molar-refractivity contribution < 1.29 is 4.42 Å².